The number of nitrogens with zero attached hydrogens (tertiary/aromatic N) is 4. The molecule has 1 N–H and O–H groups in total. The fraction of sp³-hybridized carbons (Fsp3) is 0.261. The fourth-order valence-electron chi connectivity index (χ4n) is 3.52. The van der Waals surface area contributed by atoms with Gasteiger partial charge < -0.3 is 15.1 Å². The van der Waals surface area contributed by atoms with Crippen LogP contribution >= 0.6 is 15.9 Å². The number of piperazine rings is 1. The number of halogens is 1. The smallest absolute Gasteiger partial charge is 0.321 e. The van der Waals surface area contributed by atoms with E-state index in [4.69, 9.17) is 0 Å². The van der Waals surface area contributed by atoms with Crippen LogP contribution in [0.25, 0.3) is 5.69 Å². The zero-order chi connectivity index (χ0) is 22.0. The second-order valence-corrected chi connectivity index (χ2v) is 8.54. The van der Waals surface area contributed by atoms with E-state index in [-0.39, 0.29) is 11.6 Å². The molecule has 0 aliphatic carbocycles. The average molecular weight is 482 g/mol. The largest absolute Gasteiger partial charge is 0.352 e. The summed E-state index contributed by atoms with van der Waals surface area (Å²) in [5, 5.41) is 7.52. The molecule has 0 saturated carbocycles. The van der Waals surface area contributed by atoms with Gasteiger partial charge in [-0.15, -0.1) is 5.10 Å². The van der Waals surface area contributed by atoms with E-state index >= 15 is 0 Å². The number of anilines is 2. The number of benzene rings is 2. The zero-order valence-corrected chi connectivity index (χ0v) is 19.1. The maximum Gasteiger partial charge on any atom is 0.321 e. The molecular weight excluding hydrogens is 458 g/mol. The SMILES string of the molecule is Cc1ccc(-n2nc(N3CCN(C(=O)Nc4cccc(Br)c4)CC3)ccc2=O)cc1C. The Morgan fingerprint density at radius 3 is 2.45 bits per heavy atom. The lowest BCUT2D eigenvalue weighted by atomic mass is 10.1. The van der Waals surface area contributed by atoms with Gasteiger partial charge in [0.25, 0.3) is 5.56 Å². The van der Waals surface area contributed by atoms with Crippen molar-refractivity contribution >= 4 is 33.5 Å². The second-order valence-electron chi connectivity index (χ2n) is 7.62. The molecular formula is C23H24BrN5O2. The van der Waals surface area contributed by atoms with E-state index in [2.05, 4.69) is 31.2 Å². The van der Waals surface area contributed by atoms with Gasteiger partial charge >= 0.3 is 6.03 Å². The predicted molar refractivity (Wildman–Crippen MR) is 126 cm³/mol. The molecule has 1 fully saturated rings. The van der Waals surface area contributed by atoms with Crippen LogP contribution in [-0.2, 0) is 0 Å². The molecule has 1 aliphatic heterocycles. The van der Waals surface area contributed by atoms with E-state index < -0.39 is 0 Å². The number of aryl methyl sites for hydroxylation is 2. The Bertz CT molecular complexity index is 1170. The summed E-state index contributed by atoms with van der Waals surface area (Å²) in [5.41, 5.74) is 3.62. The summed E-state index contributed by atoms with van der Waals surface area (Å²) in [4.78, 5) is 28.9. The first-order chi connectivity index (χ1) is 14.9. The van der Waals surface area contributed by atoms with Crippen molar-refractivity contribution in [1.82, 2.24) is 14.7 Å². The minimum absolute atomic E-state index is 0.120. The van der Waals surface area contributed by atoms with Crippen LogP contribution in [0.3, 0.4) is 0 Å². The number of aromatic nitrogens is 2. The zero-order valence-electron chi connectivity index (χ0n) is 17.5. The molecule has 2 aromatic carbocycles. The van der Waals surface area contributed by atoms with Crippen molar-refractivity contribution in [2.75, 3.05) is 36.4 Å². The molecule has 0 spiro atoms. The Balaban J connectivity index is 1.44. The molecule has 1 aromatic heterocycles. The third-order valence-electron chi connectivity index (χ3n) is 5.49. The molecule has 2 amide bonds. The monoisotopic (exact) mass is 481 g/mol. The molecule has 7 nitrogen and oxygen atoms in total. The van der Waals surface area contributed by atoms with Gasteiger partial charge in [-0.25, -0.2) is 4.79 Å². The summed E-state index contributed by atoms with van der Waals surface area (Å²) >= 11 is 3.41. The topological polar surface area (TPSA) is 70.5 Å². The van der Waals surface area contributed by atoms with Gasteiger partial charge in [0.15, 0.2) is 0 Å². The number of rotatable bonds is 3. The van der Waals surface area contributed by atoms with E-state index in [0.717, 1.165) is 27.2 Å². The molecule has 0 atom stereocenters. The van der Waals surface area contributed by atoms with Gasteiger partial charge in [0.2, 0.25) is 0 Å². The van der Waals surface area contributed by atoms with Gasteiger partial charge in [-0.2, -0.15) is 4.68 Å². The average Bonchev–Trinajstić information content (AvgIpc) is 2.76. The predicted octanol–water partition coefficient (Wildman–Crippen LogP) is 3.97. The molecule has 1 saturated heterocycles. The first kappa shape index (κ1) is 21.1. The van der Waals surface area contributed by atoms with Gasteiger partial charge in [0, 0.05) is 42.4 Å². The first-order valence-corrected chi connectivity index (χ1v) is 10.9. The van der Waals surface area contributed by atoms with Gasteiger partial charge in [-0.3, -0.25) is 4.79 Å². The number of amides is 2. The summed E-state index contributed by atoms with van der Waals surface area (Å²) in [6.45, 7) is 6.49. The first-order valence-electron chi connectivity index (χ1n) is 10.2. The molecule has 0 unspecified atom stereocenters. The third-order valence-corrected chi connectivity index (χ3v) is 5.98. The highest BCUT2D eigenvalue weighted by molar-refractivity contribution is 9.10. The van der Waals surface area contributed by atoms with Crippen molar-refractivity contribution in [3.05, 3.63) is 80.6 Å². The van der Waals surface area contributed by atoms with Crippen LogP contribution in [0.15, 0.2) is 63.9 Å². The molecule has 0 radical (unpaired) electrons. The number of carbonyl (C=O) groups excluding carboxylic acids is 1. The number of nitrogens with one attached hydrogen (secondary N) is 1. The van der Waals surface area contributed by atoms with Crippen LogP contribution in [0.5, 0.6) is 0 Å². The normalized spacial score (nSPS) is 13.9. The van der Waals surface area contributed by atoms with Crippen molar-refractivity contribution in [2.24, 2.45) is 0 Å². The lowest BCUT2D eigenvalue weighted by molar-refractivity contribution is 0.208. The van der Waals surface area contributed by atoms with Crippen molar-refractivity contribution in [2.45, 2.75) is 13.8 Å². The summed E-state index contributed by atoms with van der Waals surface area (Å²) in [6, 6.07) is 16.6. The maximum atomic E-state index is 12.6. The Morgan fingerprint density at radius 1 is 0.968 bits per heavy atom. The quantitative estimate of drug-likeness (QED) is 0.614. The molecule has 8 heteroatoms. The molecule has 160 valence electrons. The van der Waals surface area contributed by atoms with Gasteiger partial charge in [0.1, 0.15) is 5.82 Å². The molecule has 2 heterocycles. The Kier molecular flexibility index (Phi) is 6.08. The summed E-state index contributed by atoms with van der Waals surface area (Å²) in [7, 11) is 0. The lowest BCUT2D eigenvalue weighted by Crippen LogP contribution is -2.50. The summed E-state index contributed by atoms with van der Waals surface area (Å²) in [5.74, 6) is 0.727. The number of urea groups is 1. The molecule has 1 aliphatic rings. The van der Waals surface area contributed by atoms with Crippen molar-refractivity contribution in [1.29, 1.82) is 0 Å². The van der Waals surface area contributed by atoms with Crippen molar-refractivity contribution < 1.29 is 4.79 Å². The lowest BCUT2D eigenvalue weighted by Gasteiger charge is -2.35. The van der Waals surface area contributed by atoms with E-state index in [0.29, 0.717) is 26.2 Å². The minimum atomic E-state index is -0.168. The van der Waals surface area contributed by atoms with Gasteiger partial charge in [-0.05, 0) is 61.4 Å². The molecule has 0 bridgehead atoms. The van der Waals surface area contributed by atoms with Crippen LogP contribution in [0, 0.1) is 13.8 Å². The van der Waals surface area contributed by atoms with Gasteiger partial charge in [-0.1, -0.05) is 28.1 Å². The van der Waals surface area contributed by atoms with Gasteiger partial charge in [0.05, 0.1) is 5.69 Å². The highest BCUT2D eigenvalue weighted by Crippen LogP contribution is 2.18. The Morgan fingerprint density at radius 2 is 1.74 bits per heavy atom. The number of hydrogen-bond donors (Lipinski definition) is 1. The van der Waals surface area contributed by atoms with E-state index in [1.54, 1.807) is 17.0 Å². The number of carbonyl (C=O) groups is 1. The van der Waals surface area contributed by atoms with Crippen LogP contribution < -0.4 is 15.8 Å². The second kappa shape index (κ2) is 8.93. The van der Waals surface area contributed by atoms with E-state index in [9.17, 15) is 9.59 Å². The summed E-state index contributed by atoms with van der Waals surface area (Å²) < 4.78 is 2.36. The van der Waals surface area contributed by atoms with Crippen LogP contribution in [0.1, 0.15) is 11.1 Å². The van der Waals surface area contributed by atoms with E-state index in [1.807, 2.05) is 56.3 Å². The molecule has 31 heavy (non-hydrogen) atoms. The third kappa shape index (κ3) is 4.80. The highest BCUT2D eigenvalue weighted by atomic mass is 79.9. The molecule has 3 aromatic rings. The summed E-state index contributed by atoms with van der Waals surface area (Å²) in [6.07, 6.45) is 0. The van der Waals surface area contributed by atoms with Crippen LogP contribution in [-0.4, -0.2) is 46.9 Å². The van der Waals surface area contributed by atoms with Crippen LogP contribution in [0.4, 0.5) is 16.3 Å². The molecule has 4 rings (SSSR count). The van der Waals surface area contributed by atoms with Crippen LogP contribution in [0.2, 0.25) is 0 Å². The van der Waals surface area contributed by atoms with Crippen molar-refractivity contribution in [3.8, 4) is 5.69 Å². The Hall–Kier alpha value is -3.13. The Labute approximate surface area is 189 Å². The standard InChI is InChI=1S/C23H24BrN5O2/c1-16-6-7-20(14-17(16)2)29-22(30)9-8-21(26-29)27-10-12-28(13-11-27)23(31)25-19-5-3-4-18(24)15-19/h3-9,14-15H,10-13H2,1-2H3,(H,25,31). The highest BCUT2D eigenvalue weighted by Gasteiger charge is 2.22. The fourth-order valence-corrected chi connectivity index (χ4v) is 3.92. The number of hydrogen-bond acceptors (Lipinski definition) is 4. The maximum absolute atomic E-state index is 12.6. The minimum Gasteiger partial charge on any atom is -0.352 e. The van der Waals surface area contributed by atoms with Crippen molar-refractivity contribution in [3.63, 3.8) is 0 Å². The van der Waals surface area contributed by atoms with E-state index in [1.165, 1.54) is 10.2 Å².